The van der Waals surface area contributed by atoms with Crippen LogP contribution in [0.15, 0.2) is 60.4 Å². The van der Waals surface area contributed by atoms with Gasteiger partial charge in [0, 0.05) is 5.39 Å². The molecule has 2 aromatic carbocycles. The first-order valence-electron chi connectivity index (χ1n) is 10.1. The van der Waals surface area contributed by atoms with Crippen LogP contribution in [0.2, 0.25) is 0 Å². The summed E-state index contributed by atoms with van der Waals surface area (Å²) in [6, 6.07) is 14.2. The fourth-order valence-electron chi connectivity index (χ4n) is 2.88. The van der Waals surface area contributed by atoms with Crippen LogP contribution in [-0.4, -0.2) is 40.6 Å². The molecule has 0 spiro atoms. The number of aromatic nitrogens is 2. The van der Waals surface area contributed by atoms with Crippen molar-refractivity contribution in [2.75, 3.05) is 7.11 Å². The fraction of sp³-hybridized carbons (Fsp3) is 0.250. The van der Waals surface area contributed by atoms with Gasteiger partial charge in [0.05, 0.1) is 18.8 Å². The molecule has 9 nitrogen and oxygen atoms in total. The van der Waals surface area contributed by atoms with Gasteiger partial charge < -0.3 is 14.2 Å². The number of methoxy groups -OCH3 is 1. The predicted octanol–water partition coefficient (Wildman–Crippen LogP) is 4.26. The molecule has 0 atom stereocenters. The van der Waals surface area contributed by atoms with Crippen LogP contribution in [0.4, 0.5) is 9.59 Å². The predicted molar refractivity (Wildman–Crippen MR) is 121 cm³/mol. The Morgan fingerprint density at radius 1 is 1.09 bits per heavy atom. The molecule has 0 aliphatic rings. The van der Waals surface area contributed by atoms with E-state index in [-0.39, 0.29) is 12.3 Å². The molecule has 1 aromatic heterocycles. The van der Waals surface area contributed by atoms with Crippen LogP contribution < -0.4 is 5.32 Å². The summed E-state index contributed by atoms with van der Waals surface area (Å²) in [5, 5.41) is 7.15. The lowest BCUT2D eigenvalue weighted by Crippen LogP contribution is -2.28. The maximum atomic E-state index is 12.4. The summed E-state index contributed by atoms with van der Waals surface area (Å²) in [7, 11) is 1.21. The summed E-state index contributed by atoms with van der Waals surface area (Å²) < 4.78 is 16.4. The van der Waals surface area contributed by atoms with Gasteiger partial charge in [-0.05, 0) is 50.1 Å². The average molecular weight is 451 g/mol. The third-order valence-corrected chi connectivity index (χ3v) is 4.32. The largest absolute Gasteiger partial charge is 0.464 e. The Hall–Kier alpha value is -4.14. The molecule has 0 fully saturated rings. The Labute approximate surface area is 190 Å². The number of amides is 1. The Bertz CT molecular complexity index is 1190. The third-order valence-electron chi connectivity index (χ3n) is 4.32. The van der Waals surface area contributed by atoms with E-state index in [0.29, 0.717) is 16.5 Å². The topological polar surface area (TPSA) is 109 Å². The molecule has 0 saturated heterocycles. The Morgan fingerprint density at radius 2 is 1.82 bits per heavy atom. The maximum Gasteiger partial charge on any atom is 0.435 e. The summed E-state index contributed by atoms with van der Waals surface area (Å²) in [4.78, 5) is 36.7. The minimum Gasteiger partial charge on any atom is -0.464 e. The number of ether oxygens (including phenoxy) is 3. The second-order valence-electron chi connectivity index (χ2n) is 8.09. The van der Waals surface area contributed by atoms with E-state index in [1.807, 2.05) is 30.3 Å². The molecule has 1 amide bonds. The van der Waals surface area contributed by atoms with Crippen LogP contribution >= 0.6 is 0 Å². The first kappa shape index (κ1) is 23.5. The highest BCUT2D eigenvalue weighted by Gasteiger charge is 2.20. The Balaban J connectivity index is 1.78. The molecule has 0 saturated carbocycles. The van der Waals surface area contributed by atoms with Crippen LogP contribution in [0.1, 0.15) is 31.9 Å². The molecule has 1 heterocycles. The van der Waals surface area contributed by atoms with Gasteiger partial charge in [0.25, 0.3) is 0 Å². The monoisotopic (exact) mass is 451 g/mol. The van der Waals surface area contributed by atoms with Crippen molar-refractivity contribution in [2.24, 2.45) is 0 Å². The van der Waals surface area contributed by atoms with Crippen LogP contribution in [0.3, 0.4) is 0 Å². The van der Waals surface area contributed by atoms with Crippen LogP contribution in [-0.2, 0) is 25.6 Å². The molecule has 0 aliphatic heterocycles. The summed E-state index contributed by atoms with van der Waals surface area (Å²) in [6.45, 7) is 5.36. The van der Waals surface area contributed by atoms with Crippen molar-refractivity contribution in [1.29, 1.82) is 0 Å². The number of nitrogens with one attached hydrogen (secondary N) is 1. The van der Waals surface area contributed by atoms with Crippen molar-refractivity contribution in [1.82, 2.24) is 15.1 Å². The van der Waals surface area contributed by atoms with E-state index in [4.69, 9.17) is 14.2 Å². The zero-order valence-electron chi connectivity index (χ0n) is 18.8. The summed E-state index contributed by atoms with van der Waals surface area (Å²) in [5.41, 5.74) is 1.17. The first-order valence-corrected chi connectivity index (χ1v) is 10.1. The maximum absolute atomic E-state index is 12.4. The summed E-state index contributed by atoms with van der Waals surface area (Å²) in [5.74, 6) is -0.740. The molecule has 0 aliphatic carbocycles. The lowest BCUT2D eigenvalue weighted by molar-refractivity contribution is -0.136. The number of esters is 1. The van der Waals surface area contributed by atoms with Gasteiger partial charge in [-0.1, -0.05) is 36.4 Å². The lowest BCUT2D eigenvalue weighted by atomic mass is 10.1. The van der Waals surface area contributed by atoms with Crippen molar-refractivity contribution < 1.29 is 28.6 Å². The van der Waals surface area contributed by atoms with E-state index < -0.39 is 23.8 Å². The highest BCUT2D eigenvalue weighted by atomic mass is 16.6. The minimum atomic E-state index is -0.797. The number of rotatable bonds is 5. The normalized spacial score (nSPS) is 11.7. The highest BCUT2D eigenvalue weighted by Crippen LogP contribution is 2.19. The van der Waals surface area contributed by atoms with Gasteiger partial charge in [0.15, 0.2) is 0 Å². The number of hydrogen-bond acceptors (Lipinski definition) is 7. The molecule has 0 radical (unpaired) electrons. The van der Waals surface area contributed by atoms with E-state index in [1.165, 1.54) is 19.4 Å². The third kappa shape index (κ3) is 6.42. The van der Waals surface area contributed by atoms with Crippen molar-refractivity contribution in [3.63, 3.8) is 0 Å². The second kappa shape index (κ2) is 9.99. The molecule has 0 bridgehead atoms. The Kier molecular flexibility index (Phi) is 7.12. The molecular formula is C24H25N3O6. The molecule has 0 unspecified atom stereocenters. The number of hydrogen-bond donors (Lipinski definition) is 1. The molecule has 33 heavy (non-hydrogen) atoms. The molecular weight excluding hydrogens is 426 g/mol. The van der Waals surface area contributed by atoms with Crippen molar-refractivity contribution in [3.05, 3.63) is 71.6 Å². The van der Waals surface area contributed by atoms with E-state index in [2.05, 4.69) is 10.4 Å². The zero-order valence-corrected chi connectivity index (χ0v) is 18.8. The van der Waals surface area contributed by atoms with Gasteiger partial charge >= 0.3 is 18.2 Å². The van der Waals surface area contributed by atoms with E-state index in [9.17, 15) is 14.4 Å². The highest BCUT2D eigenvalue weighted by molar-refractivity contribution is 5.97. The zero-order chi connectivity index (χ0) is 24.0. The molecule has 172 valence electrons. The summed E-state index contributed by atoms with van der Waals surface area (Å²) >= 11 is 0. The fourth-order valence-corrected chi connectivity index (χ4v) is 2.88. The van der Waals surface area contributed by atoms with Gasteiger partial charge in [-0.3, -0.25) is 5.32 Å². The van der Waals surface area contributed by atoms with Crippen molar-refractivity contribution in [2.45, 2.75) is 33.0 Å². The quantitative estimate of drug-likeness (QED) is 0.351. The number of benzene rings is 2. The van der Waals surface area contributed by atoms with Crippen LogP contribution in [0.25, 0.3) is 17.0 Å². The number of carbonyl (C=O) groups is 3. The van der Waals surface area contributed by atoms with Crippen LogP contribution in [0, 0.1) is 0 Å². The number of carbonyl (C=O) groups excluding carboxylic acids is 3. The number of fused-ring (bicyclic) bond motifs is 1. The van der Waals surface area contributed by atoms with E-state index >= 15 is 0 Å². The minimum absolute atomic E-state index is 0.0525. The number of alkyl carbamates (subject to hydrolysis) is 1. The van der Waals surface area contributed by atoms with Gasteiger partial charge in [-0.2, -0.15) is 9.78 Å². The second-order valence-corrected chi connectivity index (χ2v) is 8.09. The number of nitrogens with zero attached hydrogens (tertiary/aromatic N) is 2. The summed E-state index contributed by atoms with van der Waals surface area (Å²) in [6.07, 6.45) is 1.56. The average Bonchev–Trinajstić information content (AvgIpc) is 3.20. The van der Waals surface area contributed by atoms with Gasteiger partial charge in [0.2, 0.25) is 0 Å². The van der Waals surface area contributed by atoms with Crippen molar-refractivity contribution in [3.8, 4) is 0 Å². The van der Waals surface area contributed by atoms with Crippen LogP contribution in [0.5, 0.6) is 0 Å². The van der Waals surface area contributed by atoms with Gasteiger partial charge in [0.1, 0.15) is 17.9 Å². The molecule has 3 rings (SSSR count). The Morgan fingerprint density at radius 3 is 2.48 bits per heavy atom. The smallest absolute Gasteiger partial charge is 0.435 e. The SMILES string of the molecule is COC(=O)/C(=C/c1ccc2c(cnn2C(=O)OC(C)(C)C)c1)NC(=O)OCc1ccccc1. The van der Waals surface area contributed by atoms with Gasteiger partial charge in [-0.15, -0.1) is 0 Å². The standard InChI is InChI=1S/C24H25N3O6/c1-24(2,3)33-23(30)27-20-11-10-17(12-18(20)14-25-27)13-19(21(28)31-4)26-22(29)32-15-16-8-6-5-7-9-16/h5-14H,15H2,1-4H3,(H,26,29)/b19-13-. The lowest BCUT2D eigenvalue weighted by Gasteiger charge is -2.19. The van der Waals surface area contributed by atoms with Crippen molar-refractivity contribution >= 4 is 35.1 Å². The molecule has 9 heteroatoms. The van der Waals surface area contributed by atoms with E-state index in [1.54, 1.807) is 39.0 Å². The first-order chi connectivity index (χ1) is 15.7. The molecule has 1 N–H and O–H groups in total. The molecule has 3 aromatic rings. The van der Waals surface area contributed by atoms with E-state index in [0.717, 1.165) is 10.2 Å². The van der Waals surface area contributed by atoms with Gasteiger partial charge in [-0.25, -0.2) is 14.4 Å².